The number of nitrogens with one attached hydrogen (secondary N) is 2. The van der Waals surface area contributed by atoms with Gasteiger partial charge in [0.25, 0.3) is 5.91 Å². The molecule has 2 amide bonds. The third kappa shape index (κ3) is 5.13. The zero-order chi connectivity index (χ0) is 20.8. The quantitative estimate of drug-likeness (QED) is 0.728. The Morgan fingerprint density at radius 1 is 1.10 bits per heavy atom. The Kier molecular flexibility index (Phi) is 6.13. The number of methoxy groups -OCH3 is 1. The van der Waals surface area contributed by atoms with Crippen molar-refractivity contribution in [2.45, 2.75) is 6.92 Å². The van der Waals surface area contributed by atoms with Gasteiger partial charge in [0, 0.05) is 18.2 Å². The Bertz CT molecular complexity index is 983. The Labute approximate surface area is 167 Å². The van der Waals surface area contributed by atoms with Crippen LogP contribution >= 0.6 is 0 Å². The van der Waals surface area contributed by atoms with Crippen molar-refractivity contribution in [1.82, 2.24) is 0 Å². The van der Waals surface area contributed by atoms with Gasteiger partial charge in [-0.3, -0.25) is 9.59 Å². The fourth-order valence-electron chi connectivity index (χ4n) is 2.73. The standard InChI is InChI=1S/C21H20N2O6/c1-13(24)22-16-7-8-19(27-2)17(10-16)23-20(25)12-29-21(26)15-9-14-5-3-4-6-18(14)28-11-15/h3-10H,11-12H2,1-2H3,(H,22,24)(H,23,25). The number of esters is 1. The van der Waals surface area contributed by atoms with Crippen molar-refractivity contribution < 1.29 is 28.6 Å². The number of para-hydroxylation sites is 1. The Morgan fingerprint density at radius 3 is 2.66 bits per heavy atom. The van der Waals surface area contributed by atoms with Crippen molar-refractivity contribution >= 4 is 35.2 Å². The summed E-state index contributed by atoms with van der Waals surface area (Å²) in [4.78, 5) is 35.7. The highest BCUT2D eigenvalue weighted by molar-refractivity contribution is 5.99. The summed E-state index contributed by atoms with van der Waals surface area (Å²) >= 11 is 0. The summed E-state index contributed by atoms with van der Waals surface area (Å²) in [7, 11) is 1.45. The highest BCUT2D eigenvalue weighted by Gasteiger charge is 2.19. The van der Waals surface area contributed by atoms with Crippen LogP contribution in [0.1, 0.15) is 12.5 Å². The van der Waals surface area contributed by atoms with E-state index in [1.807, 2.05) is 24.3 Å². The molecule has 1 heterocycles. The van der Waals surface area contributed by atoms with Crippen molar-refractivity contribution in [3.05, 3.63) is 53.6 Å². The molecule has 0 saturated carbocycles. The molecule has 0 spiro atoms. The Balaban J connectivity index is 1.61. The van der Waals surface area contributed by atoms with E-state index in [1.165, 1.54) is 14.0 Å². The van der Waals surface area contributed by atoms with E-state index in [0.29, 0.717) is 28.4 Å². The molecule has 0 saturated heterocycles. The molecule has 0 aromatic heterocycles. The van der Waals surface area contributed by atoms with Crippen LogP contribution in [0.2, 0.25) is 0 Å². The third-order valence-corrected chi connectivity index (χ3v) is 4.02. The average Bonchev–Trinajstić information content (AvgIpc) is 2.71. The smallest absolute Gasteiger partial charge is 0.338 e. The number of rotatable bonds is 6. The van der Waals surface area contributed by atoms with Crippen LogP contribution in [0.5, 0.6) is 11.5 Å². The molecule has 1 aliphatic heterocycles. The van der Waals surface area contributed by atoms with Crippen LogP contribution in [-0.4, -0.2) is 38.1 Å². The number of carbonyl (C=O) groups is 3. The van der Waals surface area contributed by atoms with Gasteiger partial charge in [0.15, 0.2) is 6.61 Å². The first-order chi connectivity index (χ1) is 14.0. The van der Waals surface area contributed by atoms with Crippen molar-refractivity contribution in [3.63, 3.8) is 0 Å². The first-order valence-electron chi connectivity index (χ1n) is 8.81. The van der Waals surface area contributed by atoms with E-state index in [4.69, 9.17) is 14.2 Å². The van der Waals surface area contributed by atoms with E-state index in [2.05, 4.69) is 10.6 Å². The lowest BCUT2D eigenvalue weighted by atomic mass is 10.1. The molecule has 2 N–H and O–H groups in total. The fourth-order valence-corrected chi connectivity index (χ4v) is 2.73. The average molecular weight is 396 g/mol. The minimum Gasteiger partial charge on any atom is -0.495 e. The van der Waals surface area contributed by atoms with E-state index < -0.39 is 18.5 Å². The predicted octanol–water partition coefficient (Wildman–Crippen LogP) is 2.61. The number of hydrogen-bond donors (Lipinski definition) is 2. The van der Waals surface area contributed by atoms with Gasteiger partial charge >= 0.3 is 5.97 Å². The van der Waals surface area contributed by atoms with Gasteiger partial charge in [-0.05, 0) is 30.3 Å². The molecule has 0 aliphatic carbocycles. The third-order valence-electron chi connectivity index (χ3n) is 4.02. The fraction of sp³-hybridized carbons (Fsp3) is 0.190. The summed E-state index contributed by atoms with van der Waals surface area (Å²) < 4.78 is 15.8. The maximum absolute atomic E-state index is 12.2. The van der Waals surface area contributed by atoms with Crippen LogP contribution in [0.3, 0.4) is 0 Å². The minimum atomic E-state index is -0.631. The van der Waals surface area contributed by atoms with Crippen molar-refractivity contribution in [2.75, 3.05) is 31.0 Å². The van der Waals surface area contributed by atoms with E-state index >= 15 is 0 Å². The molecule has 29 heavy (non-hydrogen) atoms. The van der Waals surface area contributed by atoms with Crippen LogP contribution in [-0.2, 0) is 19.1 Å². The van der Waals surface area contributed by atoms with Gasteiger partial charge in [0.2, 0.25) is 5.91 Å². The largest absolute Gasteiger partial charge is 0.495 e. The van der Waals surface area contributed by atoms with Crippen LogP contribution in [0.15, 0.2) is 48.0 Å². The summed E-state index contributed by atoms with van der Waals surface area (Å²) in [5.74, 6) is -0.333. The molecule has 2 aromatic rings. The number of amides is 2. The monoisotopic (exact) mass is 396 g/mol. The number of benzene rings is 2. The van der Waals surface area contributed by atoms with Crippen LogP contribution in [0.4, 0.5) is 11.4 Å². The second kappa shape index (κ2) is 8.92. The lowest BCUT2D eigenvalue weighted by Gasteiger charge is -2.17. The van der Waals surface area contributed by atoms with Crippen LogP contribution in [0, 0.1) is 0 Å². The molecular formula is C21H20N2O6. The molecule has 8 nitrogen and oxygen atoms in total. The minimum absolute atomic E-state index is 0.0735. The van der Waals surface area contributed by atoms with E-state index in [-0.39, 0.29) is 12.5 Å². The van der Waals surface area contributed by atoms with E-state index in [1.54, 1.807) is 24.3 Å². The number of carbonyl (C=O) groups excluding carboxylic acids is 3. The van der Waals surface area contributed by atoms with Crippen molar-refractivity contribution in [1.29, 1.82) is 0 Å². The van der Waals surface area contributed by atoms with Gasteiger partial charge in [-0.2, -0.15) is 0 Å². The summed E-state index contributed by atoms with van der Waals surface area (Å²) in [5.41, 5.74) is 1.93. The maximum atomic E-state index is 12.2. The van der Waals surface area contributed by atoms with Crippen molar-refractivity contribution in [3.8, 4) is 11.5 Å². The first-order valence-corrected chi connectivity index (χ1v) is 8.81. The van der Waals surface area contributed by atoms with Gasteiger partial charge < -0.3 is 24.8 Å². The summed E-state index contributed by atoms with van der Waals surface area (Å²) in [6.45, 7) is 0.972. The van der Waals surface area contributed by atoms with E-state index in [0.717, 1.165) is 5.56 Å². The summed E-state index contributed by atoms with van der Waals surface area (Å²) in [6, 6.07) is 12.1. The number of anilines is 2. The molecule has 1 aliphatic rings. The molecule has 3 rings (SSSR count). The highest BCUT2D eigenvalue weighted by atomic mass is 16.5. The van der Waals surface area contributed by atoms with E-state index in [9.17, 15) is 14.4 Å². The van der Waals surface area contributed by atoms with Crippen LogP contribution < -0.4 is 20.1 Å². The first kappa shape index (κ1) is 19.9. The van der Waals surface area contributed by atoms with Gasteiger partial charge in [-0.1, -0.05) is 18.2 Å². The van der Waals surface area contributed by atoms with Crippen LogP contribution in [0.25, 0.3) is 6.08 Å². The zero-order valence-electron chi connectivity index (χ0n) is 16.0. The Hall–Kier alpha value is -3.81. The van der Waals surface area contributed by atoms with Gasteiger partial charge in [0.05, 0.1) is 18.4 Å². The predicted molar refractivity (Wildman–Crippen MR) is 107 cm³/mol. The second-order valence-corrected chi connectivity index (χ2v) is 6.22. The SMILES string of the molecule is COc1ccc(NC(C)=O)cc1NC(=O)COC(=O)C1=Cc2ccccc2OC1. The molecule has 8 heteroatoms. The van der Waals surface area contributed by atoms with Gasteiger partial charge in [-0.15, -0.1) is 0 Å². The number of hydrogen-bond acceptors (Lipinski definition) is 6. The summed E-state index contributed by atoms with van der Waals surface area (Å²) in [5, 5.41) is 5.22. The molecule has 0 unspecified atom stereocenters. The zero-order valence-corrected chi connectivity index (χ0v) is 16.0. The van der Waals surface area contributed by atoms with Gasteiger partial charge in [-0.25, -0.2) is 4.79 Å². The molecule has 2 aromatic carbocycles. The topological polar surface area (TPSA) is 103 Å². The van der Waals surface area contributed by atoms with Crippen molar-refractivity contribution in [2.24, 2.45) is 0 Å². The summed E-state index contributed by atoms with van der Waals surface area (Å²) in [6.07, 6.45) is 1.68. The Morgan fingerprint density at radius 2 is 1.90 bits per heavy atom. The highest BCUT2D eigenvalue weighted by Crippen LogP contribution is 2.28. The lowest BCUT2D eigenvalue weighted by Crippen LogP contribution is -2.24. The maximum Gasteiger partial charge on any atom is 0.338 e. The molecule has 0 bridgehead atoms. The lowest BCUT2D eigenvalue weighted by molar-refractivity contribution is -0.143. The second-order valence-electron chi connectivity index (χ2n) is 6.22. The number of ether oxygens (including phenoxy) is 3. The molecule has 0 radical (unpaired) electrons. The normalized spacial score (nSPS) is 12.0. The molecule has 0 atom stereocenters. The molecule has 0 fully saturated rings. The van der Waals surface area contributed by atoms with Gasteiger partial charge in [0.1, 0.15) is 18.1 Å². The molecule has 150 valence electrons. The molecular weight excluding hydrogens is 376 g/mol. The number of fused-ring (bicyclic) bond motifs is 1.